The number of pyridine rings is 1. The number of nitrogens with two attached hydrogens (primary N) is 1. The summed E-state index contributed by atoms with van der Waals surface area (Å²) in [5, 5.41) is 2.84. The first kappa shape index (κ1) is 15.2. The number of alkyl halides is 3. The Hall–Kier alpha value is -2.15. The summed E-state index contributed by atoms with van der Waals surface area (Å²) in [6.45, 7) is 0.324. The lowest BCUT2D eigenvalue weighted by atomic mass is 10.2. The van der Waals surface area contributed by atoms with Gasteiger partial charge in [-0.05, 0) is 17.7 Å². The molecule has 0 radical (unpaired) electrons. The lowest BCUT2D eigenvalue weighted by Gasteiger charge is -2.13. The van der Waals surface area contributed by atoms with E-state index in [-0.39, 0.29) is 16.4 Å². The molecule has 110 valence electrons. The molecule has 2 rings (SSSR count). The van der Waals surface area contributed by atoms with Crippen LogP contribution in [0, 0.1) is 0 Å². The Labute approximate surface area is 125 Å². The van der Waals surface area contributed by atoms with Crippen LogP contribution in [0.15, 0.2) is 42.5 Å². The first-order chi connectivity index (χ1) is 9.88. The Balaban J connectivity index is 2.29. The molecular weight excluding hydrogens is 299 g/mol. The first-order valence-corrected chi connectivity index (χ1v) is 6.44. The summed E-state index contributed by atoms with van der Waals surface area (Å²) in [6, 6.07) is 11.3. The molecule has 7 heteroatoms. The van der Waals surface area contributed by atoms with Crippen LogP contribution in [-0.4, -0.2) is 9.97 Å². The summed E-state index contributed by atoms with van der Waals surface area (Å²) < 4.78 is 38.1. The van der Waals surface area contributed by atoms with Gasteiger partial charge in [0, 0.05) is 6.54 Å². The molecule has 21 heavy (non-hydrogen) atoms. The number of nitrogens with zero attached hydrogens (tertiary/aromatic N) is 1. The number of hydrogen-bond acceptors (Lipinski definition) is 3. The second-order valence-electron chi connectivity index (χ2n) is 4.29. The molecule has 0 bridgehead atoms. The average Bonchev–Trinajstić information content (AvgIpc) is 2.45. The predicted octanol–water partition coefficient (Wildman–Crippen LogP) is 3.35. The maximum absolute atomic E-state index is 12.7. The van der Waals surface area contributed by atoms with Crippen LogP contribution in [0.1, 0.15) is 16.8 Å². The van der Waals surface area contributed by atoms with Crippen molar-refractivity contribution >= 4 is 23.0 Å². The van der Waals surface area contributed by atoms with Gasteiger partial charge in [-0.25, -0.2) is 4.98 Å². The highest BCUT2D eigenvalue weighted by Gasteiger charge is 2.33. The highest BCUT2D eigenvalue weighted by Crippen LogP contribution is 2.29. The van der Waals surface area contributed by atoms with Crippen LogP contribution in [0.25, 0.3) is 0 Å². The molecule has 0 unspecified atom stereocenters. The summed E-state index contributed by atoms with van der Waals surface area (Å²) >= 11 is 4.83. The van der Waals surface area contributed by atoms with E-state index < -0.39 is 11.9 Å². The van der Waals surface area contributed by atoms with E-state index in [9.17, 15) is 13.2 Å². The molecule has 2 aromatic rings. The summed E-state index contributed by atoms with van der Waals surface area (Å²) in [7, 11) is 0. The quantitative estimate of drug-likeness (QED) is 0.850. The van der Waals surface area contributed by atoms with E-state index in [1.165, 1.54) is 6.07 Å². The predicted molar refractivity (Wildman–Crippen MR) is 78.9 cm³/mol. The highest BCUT2D eigenvalue weighted by molar-refractivity contribution is 7.80. The van der Waals surface area contributed by atoms with E-state index in [0.717, 1.165) is 11.6 Å². The minimum absolute atomic E-state index is 0.00761. The molecule has 0 aliphatic heterocycles. The summed E-state index contributed by atoms with van der Waals surface area (Å²) in [4.78, 5) is 3.57. The Bertz CT molecular complexity index is 642. The van der Waals surface area contributed by atoms with Gasteiger partial charge < -0.3 is 11.1 Å². The molecular formula is C14H12F3N3S. The molecule has 0 saturated carbocycles. The van der Waals surface area contributed by atoms with E-state index in [2.05, 4.69) is 10.3 Å². The second-order valence-corrected chi connectivity index (χ2v) is 4.73. The Morgan fingerprint density at radius 1 is 1.14 bits per heavy atom. The van der Waals surface area contributed by atoms with E-state index in [0.29, 0.717) is 6.54 Å². The molecule has 0 spiro atoms. The van der Waals surface area contributed by atoms with Gasteiger partial charge in [0.05, 0.1) is 5.56 Å². The van der Waals surface area contributed by atoms with Crippen molar-refractivity contribution < 1.29 is 13.2 Å². The molecule has 1 aromatic carbocycles. The van der Waals surface area contributed by atoms with Crippen molar-refractivity contribution in [3.8, 4) is 0 Å². The number of benzene rings is 1. The van der Waals surface area contributed by atoms with Crippen LogP contribution in [-0.2, 0) is 12.7 Å². The van der Waals surface area contributed by atoms with E-state index in [1.807, 2.05) is 30.3 Å². The van der Waals surface area contributed by atoms with Crippen molar-refractivity contribution in [1.82, 2.24) is 4.98 Å². The first-order valence-electron chi connectivity index (χ1n) is 6.04. The van der Waals surface area contributed by atoms with E-state index in [1.54, 1.807) is 0 Å². The molecule has 1 heterocycles. The fraction of sp³-hybridized carbons (Fsp3) is 0.143. The van der Waals surface area contributed by atoms with Crippen LogP contribution in [0.5, 0.6) is 0 Å². The number of aromatic nitrogens is 1. The zero-order valence-corrected chi connectivity index (χ0v) is 11.6. The normalized spacial score (nSPS) is 11.2. The minimum atomic E-state index is -4.52. The van der Waals surface area contributed by atoms with Crippen molar-refractivity contribution in [2.24, 2.45) is 5.73 Å². The molecule has 0 aliphatic carbocycles. The molecule has 0 fully saturated rings. The molecule has 1 aromatic heterocycles. The Morgan fingerprint density at radius 3 is 2.38 bits per heavy atom. The van der Waals surface area contributed by atoms with Crippen molar-refractivity contribution in [2.45, 2.75) is 12.7 Å². The maximum Gasteiger partial charge on any atom is 0.433 e. The number of halogens is 3. The zero-order valence-electron chi connectivity index (χ0n) is 10.8. The van der Waals surface area contributed by atoms with Gasteiger partial charge in [0.25, 0.3) is 0 Å². The van der Waals surface area contributed by atoms with Crippen LogP contribution >= 0.6 is 12.2 Å². The number of thiocarbonyl (C=S) groups is 1. The van der Waals surface area contributed by atoms with Crippen LogP contribution in [0.3, 0.4) is 0 Å². The van der Waals surface area contributed by atoms with Gasteiger partial charge in [0.1, 0.15) is 16.5 Å². The molecule has 0 aliphatic rings. The molecule has 0 amide bonds. The van der Waals surface area contributed by atoms with Crippen molar-refractivity contribution in [2.75, 3.05) is 5.32 Å². The zero-order chi connectivity index (χ0) is 15.5. The summed E-state index contributed by atoms with van der Waals surface area (Å²) in [5.74, 6) is 0.0289. The van der Waals surface area contributed by atoms with Gasteiger partial charge in [0.15, 0.2) is 0 Å². The highest BCUT2D eigenvalue weighted by atomic mass is 32.1. The van der Waals surface area contributed by atoms with Crippen LogP contribution in [0.4, 0.5) is 19.0 Å². The van der Waals surface area contributed by atoms with Crippen LogP contribution in [0.2, 0.25) is 0 Å². The topological polar surface area (TPSA) is 50.9 Å². The largest absolute Gasteiger partial charge is 0.433 e. The van der Waals surface area contributed by atoms with Crippen molar-refractivity contribution in [3.63, 3.8) is 0 Å². The average molecular weight is 311 g/mol. The van der Waals surface area contributed by atoms with Gasteiger partial charge in [0.2, 0.25) is 0 Å². The third kappa shape index (κ3) is 3.91. The number of nitrogens with one attached hydrogen (secondary N) is 1. The Kier molecular flexibility index (Phi) is 4.42. The smallest absolute Gasteiger partial charge is 0.389 e. The fourth-order valence-corrected chi connectivity index (χ4v) is 1.90. The van der Waals surface area contributed by atoms with Crippen molar-refractivity contribution in [1.29, 1.82) is 0 Å². The third-order valence-corrected chi connectivity index (χ3v) is 2.97. The number of anilines is 1. The third-order valence-electron chi connectivity index (χ3n) is 2.75. The molecule has 0 saturated heterocycles. The second kappa shape index (κ2) is 6.09. The fourth-order valence-electron chi connectivity index (χ4n) is 1.73. The number of rotatable bonds is 4. The van der Waals surface area contributed by atoms with E-state index >= 15 is 0 Å². The summed E-state index contributed by atoms with van der Waals surface area (Å²) in [6.07, 6.45) is -4.52. The van der Waals surface area contributed by atoms with Gasteiger partial charge >= 0.3 is 6.18 Å². The van der Waals surface area contributed by atoms with Gasteiger partial charge in [-0.1, -0.05) is 42.5 Å². The Morgan fingerprint density at radius 2 is 1.81 bits per heavy atom. The lowest BCUT2D eigenvalue weighted by Crippen LogP contribution is -2.17. The molecule has 3 nitrogen and oxygen atoms in total. The van der Waals surface area contributed by atoms with Crippen molar-refractivity contribution in [3.05, 3.63) is 59.3 Å². The monoisotopic (exact) mass is 311 g/mol. The minimum Gasteiger partial charge on any atom is -0.389 e. The van der Waals surface area contributed by atoms with Crippen LogP contribution < -0.4 is 11.1 Å². The van der Waals surface area contributed by atoms with Gasteiger partial charge in [-0.15, -0.1) is 0 Å². The standard InChI is InChI=1S/C14H12F3N3S/c15-14(16,17)11-7-6-10(12(18)21)13(20-11)19-8-9-4-2-1-3-5-9/h1-7H,8H2,(H2,18,21)(H,19,20). The molecule has 3 N–H and O–H groups in total. The lowest BCUT2D eigenvalue weighted by molar-refractivity contribution is -0.141. The summed E-state index contributed by atoms with van der Waals surface area (Å²) in [5.41, 5.74) is 5.72. The SMILES string of the molecule is NC(=S)c1ccc(C(F)(F)F)nc1NCc1ccccc1. The maximum atomic E-state index is 12.7. The van der Waals surface area contributed by atoms with E-state index in [4.69, 9.17) is 18.0 Å². The molecule has 0 atom stereocenters. The van der Waals surface area contributed by atoms with Gasteiger partial charge in [-0.2, -0.15) is 13.2 Å². The number of hydrogen-bond donors (Lipinski definition) is 2. The van der Waals surface area contributed by atoms with Gasteiger partial charge in [-0.3, -0.25) is 0 Å².